The van der Waals surface area contributed by atoms with Crippen molar-refractivity contribution in [2.24, 2.45) is 0 Å². The molecule has 51 heavy (non-hydrogen) atoms. The quantitative estimate of drug-likeness (QED) is 0.187. The van der Waals surface area contributed by atoms with E-state index in [1.54, 1.807) is 11.3 Å². The van der Waals surface area contributed by atoms with Crippen LogP contribution in [0, 0.1) is 0 Å². The maximum Gasteiger partial charge on any atom is 0.130 e. The van der Waals surface area contributed by atoms with E-state index in [1.807, 2.05) is 6.20 Å². The van der Waals surface area contributed by atoms with Crippen LogP contribution in [-0.4, -0.2) is 24.3 Å². The SMILES string of the molecule is c1ccc(-n2c3ccccc3c3cc(-c4cnc5c(c4)sc4cc(-c6ccc7c(c6)c6ccccc6n7-c6ccccc6)nnc45)ccc32)cc1. The topological polar surface area (TPSA) is 48.5 Å². The first-order valence-corrected chi connectivity index (χ1v) is 17.8. The van der Waals surface area contributed by atoms with E-state index in [-0.39, 0.29) is 0 Å². The predicted molar refractivity (Wildman–Crippen MR) is 212 cm³/mol. The number of aromatic nitrogens is 5. The number of thiophene rings is 1. The van der Waals surface area contributed by atoms with Crippen molar-refractivity contribution >= 4 is 75.4 Å². The lowest BCUT2D eigenvalue weighted by Crippen LogP contribution is -1.93. The van der Waals surface area contributed by atoms with Crippen LogP contribution in [0.3, 0.4) is 0 Å². The summed E-state index contributed by atoms with van der Waals surface area (Å²) in [5, 5.41) is 14.3. The molecule has 6 heteroatoms. The molecule has 238 valence electrons. The molecular weight excluding hydrogens is 643 g/mol. The van der Waals surface area contributed by atoms with Gasteiger partial charge in [-0.25, -0.2) is 0 Å². The summed E-state index contributed by atoms with van der Waals surface area (Å²) in [7, 11) is 0. The number of fused-ring (bicyclic) bond motifs is 9. The van der Waals surface area contributed by atoms with E-state index in [9.17, 15) is 0 Å². The number of rotatable bonds is 4. The number of pyridine rings is 1. The molecule has 0 unspecified atom stereocenters. The van der Waals surface area contributed by atoms with Gasteiger partial charge in [0.15, 0.2) is 0 Å². The number of hydrogen-bond donors (Lipinski definition) is 0. The molecule has 0 aliphatic heterocycles. The van der Waals surface area contributed by atoms with E-state index in [0.717, 1.165) is 54.2 Å². The Morgan fingerprint density at radius 2 is 0.922 bits per heavy atom. The molecule has 0 bridgehead atoms. The normalized spacial score (nSPS) is 11.9. The lowest BCUT2D eigenvalue weighted by atomic mass is 10.0. The third-order valence-electron chi connectivity index (χ3n) is 10.1. The van der Waals surface area contributed by atoms with E-state index < -0.39 is 0 Å². The average Bonchev–Trinajstić information content (AvgIpc) is 3.85. The van der Waals surface area contributed by atoms with Crippen molar-refractivity contribution in [3.05, 3.63) is 164 Å². The Morgan fingerprint density at radius 1 is 0.392 bits per heavy atom. The van der Waals surface area contributed by atoms with Gasteiger partial charge in [-0.1, -0.05) is 84.9 Å². The first kappa shape index (κ1) is 28.2. The Bertz CT molecular complexity index is 2920. The molecule has 0 atom stereocenters. The van der Waals surface area contributed by atoms with Crippen LogP contribution >= 0.6 is 11.3 Å². The van der Waals surface area contributed by atoms with E-state index in [1.165, 1.54) is 43.6 Å². The second-order valence-corrected chi connectivity index (χ2v) is 14.0. The second kappa shape index (κ2) is 10.9. The Kier molecular flexibility index (Phi) is 6.05. The number of nitrogens with zero attached hydrogens (tertiary/aromatic N) is 5. The second-order valence-electron chi connectivity index (χ2n) is 13.0. The van der Waals surface area contributed by atoms with Gasteiger partial charge >= 0.3 is 0 Å². The fourth-order valence-corrected chi connectivity index (χ4v) is 8.80. The molecule has 0 saturated heterocycles. The minimum Gasteiger partial charge on any atom is -0.309 e. The standard InChI is InChI=1S/C45H27N5S/c1-3-11-31(12-4-1)49-38-17-9-7-15-33(38)35-23-28(19-21-40(35)49)30-25-42-44(46-27-30)45-43(51-42)26-37(47-48-45)29-20-22-41-36(24-29)34-16-8-10-18-39(34)50(41)32-13-5-2-6-14-32/h1-27H. The highest BCUT2D eigenvalue weighted by Crippen LogP contribution is 2.39. The highest BCUT2D eigenvalue weighted by Gasteiger charge is 2.17. The van der Waals surface area contributed by atoms with Gasteiger partial charge in [-0.2, -0.15) is 0 Å². The maximum atomic E-state index is 4.95. The highest BCUT2D eigenvalue weighted by molar-refractivity contribution is 7.25. The molecule has 11 aromatic rings. The smallest absolute Gasteiger partial charge is 0.130 e. The largest absolute Gasteiger partial charge is 0.309 e. The van der Waals surface area contributed by atoms with Crippen LogP contribution in [0.2, 0.25) is 0 Å². The molecular formula is C45H27N5S. The predicted octanol–water partition coefficient (Wildman–Crippen LogP) is 11.8. The third kappa shape index (κ3) is 4.30. The number of hydrogen-bond acceptors (Lipinski definition) is 4. The summed E-state index contributed by atoms with van der Waals surface area (Å²) in [5.74, 6) is 0. The van der Waals surface area contributed by atoms with Crippen LogP contribution in [-0.2, 0) is 0 Å². The van der Waals surface area contributed by atoms with Gasteiger partial charge in [-0.3, -0.25) is 4.98 Å². The lowest BCUT2D eigenvalue weighted by molar-refractivity contribution is 1.09. The van der Waals surface area contributed by atoms with Gasteiger partial charge in [0, 0.05) is 50.2 Å². The van der Waals surface area contributed by atoms with Gasteiger partial charge in [-0.15, -0.1) is 21.5 Å². The van der Waals surface area contributed by atoms with Gasteiger partial charge in [0.25, 0.3) is 0 Å². The summed E-state index contributed by atoms with van der Waals surface area (Å²) >= 11 is 1.72. The maximum absolute atomic E-state index is 4.95. The molecule has 0 aliphatic rings. The van der Waals surface area contributed by atoms with Gasteiger partial charge < -0.3 is 9.13 Å². The molecule has 0 spiro atoms. The molecule has 6 aromatic carbocycles. The van der Waals surface area contributed by atoms with Crippen molar-refractivity contribution in [2.75, 3.05) is 0 Å². The molecule has 0 aliphatic carbocycles. The van der Waals surface area contributed by atoms with Crippen LogP contribution in [0.4, 0.5) is 0 Å². The molecule has 11 rings (SSSR count). The zero-order valence-corrected chi connectivity index (χ0v) is 28.0. The molecule has 0 N–H and O–H groups in total. The van der Waals surface area contributed by atoms with Gasteiger partial charge in [0.2, 0.25) is 0 Å². The fourth-order valence-electron chi connectivity index (χ4n) is 7.73. The van der Waals surface area contributed by atoms with E-state index in [4.69, 9.17) is 15.2 Å². The van der Waals surface area contributed by atoms with E-state index in [2.05, 4.69) is 167 Å². The van der Waals surface area contributed by atoms with E-state index >= 15 is 0 Å². The molecule has 5 aromatic heterocycles. The van der Waals surface area contributed by atoms with Crippen molar-refractivity contribution in [3.8, 4) is 33.8 Å². The fraction of sp³-hybridized carbons (Fsp3) is 0. The first-order valence-electron chi connectivity index (χ1n) is 17.0. The van der Waals surface area contributed by atoms with Crippen molar-refractivity contribution in [1.82, 2.24) is 24.3 Å². The Labute approximate surface area is 296 Å². The Morgan fingerprint density at radius 3 is 1.57 bits per heavy atom. The minimum absolute atomic E-state index is 0.841. The lowest BCUT2D eigenvalue weighted by Gasteiger charge is -2.08. The van der Waals surface area contributed by atoms with Gasteiger partial charge in [0.05, 0.1) is 37.2 Å². The zero-order chi connectivity index (χ0) is 33.5. The number of para-hydroxylation sites is 4. The first-order chi connectivity index (χ1) is 25.3. The molecule has 5 nitrogen and oxygen atoms in total. The molecule has 0 amide bonds. The average molecular weight is 670 g/mol. The summed E-state index contributed by atoms with van der Waals surface area (Å²) in [6.07, 6.45) is 1.97. The van der Waals surface area contributed by atoms with Crippen molar-refractivity contribution < 1.29 is 0 Å². The van der Waals surface area contributed by atoms with Gasteiger partial charge in [0.1, 0.15) is 11.0 Å². The summed E-state index contributed by atoms with van der Waals surface area (Å²) in [6, 6.07) is 56.1. The summed E-state index contributed by atoms with van der Waals surface area (Å²) < 4.78 is 6.85. The summed E-state index contributed by atoms with van der Waals surface area (Å²) in [6.45, 7) is 0. The van der Waals surface area contributed by atoms with E-state index in [0.29, 0.717) is 0 Å². The minimum atomic E-state index is 0.841. The monoisotopic (exact) mass is 669 g/mol. The summed E-state index contributed by atoms with van der Waals surface area (Å²) in [4.78, 5) is 4.95. The van der Waals surface area contributed by atoms with Crippen LogP contribution in [0.15, 0.2) is 164 Å². The van der Waals surface area contributed by atoms with Crippen LogP contribution in [0.1, 0.15) is 0 Å². The number of benzene rings is 6. The van der Waals surface area contributed by atoms with Crippen molar-refractivity contribution in [2.45, 2.75) is 0 Å². The molecule has 0 radical (unpaired) electrons. The van der Waals surface area contributed by atoms with Crippen molar-refractivity contribution in [3.63, 3.8) is 0 Å². The van der Waals surface area contributed by atoms with Crippen LogP contribution < -0.4 is 0 Å². The van der Waals surface area contributed by atoms with Crippen molar-refractivity contribution in [1.29, 1.82) is 0 Å². The molecule has 0 fully saturated rings. The van der Waals surface area contributed by atoms with Crippen LogP contribution in [0.5, 0.6) is 0 Å². The highest BCUT2D eigenvalue weighted by atomic mass is 32.1. The Hall–Kier alpha value is -6.63. The molecule has 0 saturated carbocycles. The van der Waals surface area contributed by atoms with Crippen LogP contribution in [0.25, 0.3) is 97.8 Å². The Balaban J connectivity index is 1.01. The molecule has 5 heterocycles. The van der Waals surface area contributed by atoms with Gasteiger partial charge in [-0.05, 0) is 78.4 Å². The zero-order valence-electron chi connectivity index (χ0n) is 27.2. The summed E-state index contributed by atoms with van der Waals surface area (Å²) in [5.41, 5.74) is 12.9. The third-order valence-corrected chi connectivity index (χ3v) is 11.1.